The zero-order chi connectivity index (χ0) is 22.4. The molecule has 2 aliphatic rings. The predicted molar refractivity (Wildman–Crippen MR) is 128 cm³/mol. The lowest BCUT2D eigenvalue weighted by atomic mass is 9.96. The molecule has 2 fully saturated rings. The molecule has 0 spiro atoms. The second-order valence-corrected chi connectivity index (χ2v) is 8.35. The van der Waals surface area contributed by atoms with Gasteiger partial charge < -0.3 is 19.9 Å². The Labute approximate surface area is 204 Å². The van der Waals surface area contributed by atoms with Gasteiger partial charge in [0.15, 0.2) is 5.96 Å². The minimum Gasteiger partial charge on any atom is -0.376 e. The van der Waals surface area contributed by atoms with Crippen molar-refractivity contribution in [1.29, 1.82) is 0 Å². The second kappa shape index (κ2) is 12.1. The summed E-state index contributed by atoms with van der Waals surface area (Å²) in [6, 6.07) is 5.55. The van der Waals surface area contributed by atoms with Crippen LogP contribution >= 0.6 is 24.0 Å². The molecule has 2 atom stereocenters. The van der Waals surface area contributed by atoms with Crippen LogP contribution in [-0.4, -0.2) is 74.7 Å². The van der Waals surface area contributed by atoms with Gasteiger partial charge in [-0.05, 0) is 37.3 Å². The molecular formula is C22H32F3IN4O2. The fourth-order valence-corrected chi connectivity index (χ4v) is 3.92. The molecule has 0 saturated carbocycles. The summed E-state index contributed by atoms with van der Waals surface area (Å²) in [5.41, 5.74) is 0.0538. The van der Waals surface area contributed by atoms with E-state index in [0.29, 0.717) is 31.2 Å². The van der Waals surface area contributed by atoms with E-state index in [9.17, 15) is 18.0 Å². The van der Waals surface area contributed by atoms with Crippen molar-refractivity contribution in [2.24, 2.45) is 4.99 Å². The highest BCUT2D eigenvalue weighted by Crippen LogP contribution is 2.33. The number of likely N-dealkylation sites (N-methyl/N-ethyl adjacent to an activating group) is 1. The van der Waals surface area contributed by atoms with Crippen molar-refractivity contribution in [2.75, 3.05) is 46.9 Å². The van der Waals surface area contributed by atoms with Gasteiger partial charge in [0.25, 0.3) is 0 Å². The van der Waals surface area contributed by atoms with Crippen LogP contribution in [0.5, 0.6) is 0 Å². The number of alkyl halides is 3. The van der Waals surface area contributed by atoms with Crippen molar-refractivity contribution in [3.63, 3.8) is 0 Å². The van der Waals surface area contributed by atoms with Crippen molar-refractivity contribution in [1.82, 2.24) is 15.1 Å². The Morgan fingerprint density at radius 3 is 2.72 bits per heavy atom. The highest BCUT2D eigenvalue weighted by Gasteiger charge is 2.32. The van der Waals surface area contributed by atoms with E-state index in [1.807, 2.05) is 4.90 Å². The first kappa shape index (κ1) is 26.7. The van der Waals surface area contributed by atoms with Gasteiger partial charge in [-0.15, -0.1) is 24.0 Å². The SMILES string of the molecule is CN(C)C(=O)CN=C(NCC1CCCCO1)N1CCC(c2cccc(C(F)(F)F)c2)C1.I. The molecule has 2 aliphatic heterocycles. The molecule has 1 N–H and O–H groups in total. The molecule has 32 heavy (non-hydrogen) atoms. The van der Waals surface area contributed by atoms with Gasteiger partial charge in [-0.1, -0.05) is 18.2 Å². The van der Waals surface area contributed by atoms with Gasteiger partial charge in [0.2, 0.25) is 5.91 Å². The summed E-state index contributed by atoms with van der Waals surface area (Å²) in [5, 5.41) is 3.33. The summed E-state index contributed by atoms with van der Waals surface area (Å²) in [4.78, 5) is 20.0. The van der Waals surface area contributed by atoms with Gasteiger partial charge >= 0.3 is 6.18 Å². The largest absolute Gasteiger partial charge is 0.416 e. The molecular weight excluding hydrogens is 536 g/mol. The van der Waals surface area contributed by atoms with Crippen molar-refractivity contribution in [2.45, 2.75) is 43.9 Å². The third-order valence-electron chi connectivity index (χ3n) is 5.80. The maximum absolute atomic E-state index is 13.1. The first-order valence-corrected chi connectivity index (χ1v) is 10.8. The predicted octanol–water partition coefficient (Wildman–Crippen LogP) is 3.72. The fourth-order valence-electron chi connectivity index (χ4n) is 3.92. The average molecular weight is 568 g/mol. The number of nitrogens with one attached hydrogen (secondary N) is 1. The third kappa shape index (κ3) is 7.50. The Hall–Kier alpha value is -1.56. The molecule has 6 nitrogen and oxygen atoms in total. The maximum Gasteiger partial charge on any atom is 0.416 e. The van der Waals surface area contributed by atoms with E-state index in [2.05, 4.69) is 10.3 Å². The number of aliphatic imine (C=N–C) groups is 1. The van der Waals surface area contributed by atoms with Crippen molar-refractivity contribution < 1.29 is 22.7 Å². The van der Waals surface area contributed by atoms with E-state index < -0.39 is 11.7 Å². The maximum atomic E-state index is 13.1. The normalized spacial score (nSPS) is 21.8. The quantitative estimate of drug-likeness (QED) is 0.335. The first-order valence-electron chi connectivity index (χ1n) is 10.8. The van der Waals surface area contributed by atoms with Crippen LogP contribution < -0.4 is 5.32 Å². The van der Waals surface area contributed by atoms with E-state index in [4.69, 9.17) is 4.74 Å². The molecule has 2 unspecified atom stereocenters. The van der Waals surface area contributed by atoms with Gasteiger partial charge in [-0.25, -0.2) is 4.99 Å². The zero-order valence-electron chi connectivity index (χ0n) is 18.5. The van der Waals surface area contributed by atoms with E-state index in [1.165, 1.54) is 17.0 Å². The topological polar surface area (TPSA) is 57.2 Å². The molecule has 0 aromatic heterocycles. The van der Waals surface area contributed by atoms with Gasteiger partial charge in [0, 0.05) is 46.3 Å². The summed E-state index contributed by atoms with van der Waals surface area (Å²) in [6.07, 6.45) is -0.355. The lowest BCUT2D eigenvalue weighted by Gasteiger charge is -2.27. The number of carbonyl (C=O) groups excluding carboxylic acids is 1. The number of carbonyl (C=O) groups is 1. The molecule has 2 saturated heterocycles. The monoisotopic (exact) mass is 568 g/mol. The molecule has 180 valence electrons. The van der Waals surface area contributed by atoms with Crippen LogP contribution in [0.3, 0.4) is 0 Å². The lowest BCUT2D eigenvalue weighted by molar-refractivity contribution is -0.137. The average Bonchev–Trinajstić information content (AvgIpc) is 3.24. The zero-order valence-corrected chi connectivity index (χ0v) is 20.9. The Morgan fingerprint density at radius 2 is 2.06 bits per heavy atom. The van der Waals surface area contributed by atoms with Gasteiger partial charge in [-0.3, -0.25) is 4.79 Å². The third-order valence-corrected chi connectivity index (χ3v) is 5.80. The summed E-state index contributed by atoms with van der Waals surface area (Å²) < 4.78 is 45.0. The standard InChI is InChI=1S/C22H31F3N4O2.HI/c1-28(2)20(30)14-27-21(26-13-19-8-3-4-11-31-19)29-10-9-17(15-29)16-6-5-7-18(12-16)22(23,24)25;/h5-7,12,17,19H,3-4,8-11,13-15H2,1-2H3,(H,26,27);1H. The number of guanidine groups is 1. The van der Waals surface area contributed by atoms with Crippen LogP contribution in [0.15, 0.2) is 29.3 Å². The molecule has 1 aromatic carbocycles. The molecule has 2 heterocycles. The molecule has 10 heteroatoms. The Morgan fingerprint density at radius 1 is 1.28 bits per heavy atom. The summed E-state index contributed by atoms with van der Waals surface area (Å²) in [5.74, 6) is 0.477. The highest BCUT2D eigenvalue weighted by atomic mass is 127. The van der Waals surface area contributed by atoms with Crippen LogP contribution in [0.4, 0.5) is 13.2 Å². The summed E-state index contributed by atoms with van der Waals surface area (Å²) in [7, 11) is 3.36. The van der Waals surface area contributed by atoms with Crippen LogP contribution in [0.25, 0.3) is 0 Å². The van der Waals surface area contributed by atoms with Crippen molar-refractivity contribution in [3.8, 4) is 0 Å². The molecule has 1 aromatic rings. The number of rotatable bonds is 5. The molecule has 3 rings (SSSR count). The minimum absolute atomic E-state index is 0. The number of hydrogen-bond acceptors (Lipinski definition) is 3. The smallest absolute Gasteiger partial charge is 0.376 e. The van der Waals surface area contributed by atoms with Crippen LogP contribution in [0, 0.1) is 0 Å². The lowest BCUT2D eigenvalue weighted by Crippen LogP contribution is -2.44. The summed E-state index contributed by atoms with van der Waals surface area (Å²) >= 11 is 0. The van der Waals surface area contributed by atoms with E-state index in [1.54, 1.807) is 20.2 Å². The number of nitrogens with zero attached hydrogens (tertiary/aromatic N) is 3. The van der Waals surface area contributed by atoms with E-state index in [0.717, 1.165) is 38.4 Å². The van der Waals surface area contributed by atoms with E-state index in [-0.39, 0.29) is 48.5 Å². The molecule has 0 bridgehead atoms. The van der Waals surface area contributed by atoms with Crippen molar-refractivity contribution >= 4 is 35.8 Å². The number of hydrogen-bond donors (Lipinski definition) is 1. The van der Waals surface area contributed by atoms with Gasteiger partial charge in [0.1, 0.15) is 6.54 Å². The Bertz CT molecular complexity index is 783. The van der Waals surface area contributed by atoms with Gasteiger partial charge in [0.05, 0.1) is 11.7 Å². The van der Waals surface area contributed by atoms with Crippen LogP contribution in [0.1, 0.15) is 42.7 Å². The van der Waals surface area contributed by atoms with E-state index >= 15 is 0 Å². The fraction of sp³-hybridized carbons (Fsp3) is 0.636. The number of halogens is 4. The van der Waals surface area contributed by atoms with Gasteiger partial charge in [-0.2, -0.15) is 13.2 Å². The van der Waals surface area contributed by atoms with Crippen molar-refractivity contribution in [3.05, 3.63) is 35.4 Å². The Balaban J connectivity index is 0.00000363. The minimum atomic E-state index is -4.35. The molecule has 0 radical (unpaired) electrons. The number of likely N-dealkylation sites (tertiary alicyclic amines) is 1. The number of ether oxygens (including phenoxy) is 1. The van der Waals surface area contributed by atoms with Crippen LogP contribution in [-0.2, 0) is 15.7 Å². The number of benzene rings is 1. The summed E-state index contributed by atoms with van der Waals surface area (Å²) in [6.45, 7) is 2.58. The molecule has 0 aliphatic carbocycles. The number of amides is 1. The molecule has 1 amide bonds. The second-order valence-electron chi connectivity index (χ2n) is 8.35. The first-order chi connectivity index (χ1) is 14.7. The Kier molecular flexibility index (Phi) is 10.1. The van der Waals surface area contributed by atoms with Crippen LogP contribution in [0.2, 0.25) is 0 Å². The highest BCUT2D eigenvalue weighted by molar-refractivity contribution is 14.0.